The number of anilines is 1. The van der Waals surface area contributed by atoms with E-state index in [9.17, 15) is 18.5 Å². The lowest BCUT2D eigenvalue weighted by molar-refractivity contribution is -0.385. The number of hydrogen-bond acceptors (Lipinski definition) is 7. The van der Waals surface area contributed by atoms with Gasteiger partial charge in [-0.2, -0.15) is 4.31 Å². The van der Waals surface area contributed by atoms with E-state index in [2.05, 4.69) is 9.97 Å². The van der Waals surface area contributed by atoms with Crippen molar-refractivity contribution in [2.45, 2.75) is 23.7 Å². The van der Waals surface area contributed by atoms with E-state index in [4.69, 9.17) is 4.74 Å². The zero-order chi connectivity index (χ0) is 20.4. The van der Waals surface area contributed by atoms with Crippen molar-refractivity contribution in [1.29, 1.82) is 0 Å². The van der Waals surface area contributed by atoms with Crippen LogP contribution in [0.1, 0.15) is 24.6 Å². The first kappa shape index (κ1) is 19.8. The summed E-state index contributed by atoms with van der Waals surface area (Å²) in [5, 5.41) is 11.3. The van der Waals surface area contributed by atoms with Crippen molar-refractivity contribution in [3.05, 3.63) is 46.5 Å². The number of hydrogen-bond donors (Lipinski definition) is 1. The summed E-state index contributed by atoms with van der Waals surface area (Å²) >= 11 is 0. The molecule has 29 heavy (non-hydrogen) atoms. The minimum atomic E-state index is -3.87. The van der Waals surface area contributed by atoms with Crippen molar-refractivity contribution >= 4 is 21.4 Å². The van der Waals surface area contributed by atoms with E-state index < -0.39 is 14.9 Å². The van der Waals surface area contributed by atoms with Crippen LogP contribution < -0.4 is 4.90 Å². The molecule has 2 aromatic rings. The van der Waals surface area contributed by atoms with Gasteiger partial charge in [0.25, 0.3) is 5.69 Å². The van der Waals surface area contributed by atoms with Crippen molar-refractivity contribution in [2.75, 3.05) is 44.3 Å². The number of aromatic amines is 1. The highest BCUT2D eigenvalue weighted by molar-refractivity contribution is 7.89. The Balaban J connectivity index is 1.64. The molecule has 10 nitrogen and oxygen atoms in total. The van der Waals surface area contributed by atoms with Crippen LogP contribution in [0, 0.1) is 10.1 Å². The zero-order valence-electron chi connectivity index (χ0n) is 15.9. The maximum atomic E-state index is 13.3. The molecule has 0 radical (unpaired) electrons. The van der Waals surface area contributed by atoms with Gasteiger partial charge in [-0.05, 0) is 18.9 Å². The molecule has 0 spiro atoms. The Morgan fingerprint density at radius 1 is 1.17 bits per heavy atom. The molecule has 11 heteroatoms. The molecule has 2 aliphatic rings. The van der Waals surface area contributed by atoms with Crippen LogP contribution in [0.15, 0.2) is 35.5 Å². The number of nitrogens with one attached hydrogen (secondary N) is 1. The number of rotatable bonds is 5. The van der Waals surface area contributed by atoms with E-state index in [0.717, 1.165) is 18.7 Å². The lowest BCUT2D eigenvalue weighted by atomic mass is 9.96. The Morgan fingerprint density at radius 2 is 1.90 bits per heavy atom. The average molecular weight is 421 g/mol. The van der Waals surface area contributed by atoms with Gasteiger partial charge >= 0.3 is 0 Å². The molecule has 2 fully saturated rings. The summed E-state index contributed by atoms with van der Waals surface area (Å²) in [4.78, 5) is 20.2. The number of imidazole rings is 1. The topological polar surface area (TPSA) is 122 Å². The van der Waals surface area contributed by atoms with Crippen LogP contribution in [0.3, 0.4) is 0 Å². The van der Waals surface area contributed by atoms with Gasteiger partial charge in [0.05, 0.1) is 23.8 Å². The van der Waals surface area contributed by atoms with Crippen molar-refractivity contribution in [1.82, 2.24) is 14.3 Å². The Bertz CT molecular complexity index is 965. The minimum absolute atomic E-state index is 0.00921. The van der Waals surface area contributed by atoms with Crippen LogP contribution in [-0.2, 0) is 14.8 Å². The number of H-pyrrole nitrogens is 1. The van der Waals surface area contributed by atoms with Gasteiger partial charge in [-0.3, -0.25) is 10.1 Å². The maximum absolute atomic E-state index is 13.3. The number of benzene rings is 1. The first-order chi connectivity index (χ1) is 14.0. The SMILES string of the molecule is O=[N+]([O-])c1ccc(N2CCC(c3ncc[nH]3)CC2)c(S(=O)(=O)N2CCOCC2)c1. The van der Waals surface area contributed by atoms with Gasteiger partial charge in [-0.25, -0.2) is 13.4 Å². The molecule has 1 aromatic heterocycles. The fourth-order valence-electron chi connectivity index (χ4n) is 3.90. The largest absolute Gasteiger partial charge is 0.379 e. The predicted octanol–water partition coefficient (Wildman–Crippen LogP) is 1.72. The van der Waals surface area contributed by atoms with E-state index in [1.165, 1.54) is 16.4 Å². The number of morpholine rings is 1. The molecular weight excluding hydrogens is 398 g/mol. The second-order valence-corrected chi connectivity index (χ2v) is 9.07. The number of nitrogens with zero attached hydrogens (tertiary/aromatic N) is 4. The average Bonchev–Trinajstić information content (AvgIpc) is 3.29. The number of piperidine rings is 1. The molecule has 0 aliphatic carbocycles. The minimum Gasteiger partial charge on any atom is -0.379 e. The monoisotopic (exact) mass is 421 g/mol. The van der Waals surface area contributed by atoms with E-state index in [-0.39, 0.29) is 23.7 Å². The highest BCUT2D eigenvalue weighted by Crippen LogP contribution is 2.35. The summed E-state index contributed by atoms with van der Waals surface area (Å²) < 4.78 is 33.2. The number of aromatic nitrogens is 2. The van der Waals surface area contributed by atoms with Gasteiger partial charge < -0.3 is 14.6 Å². The van der Waals surface area contributed by atoms with Gasteiger partial charge in [0, 0.05) is 56.6 Å². The van der Waals surface area contributed by atoms with E-state index >= 15 is 0 Å². The third-order valence-electron chi connectivity index (χ3n) is 5.48. The molecule has 0 unspecified atom stereocenters. The molecule has 0 bridgehead atoms. The van der Waals surface area contributed by atoms with Gasteiger partial charge in [0.2, 0.25) is 10.0 Å². The molecule has 2 aliphatic heterocycles. The van der Waals surface area contributed by atoms with Crippen molar-refractivity contribution in [3.8, 4) is 0 Å². The number of non-ortho nitro benzene ring substituents is 1. The molecule has 0 amide bonds. The second kappa shape index (κ2) is 8.09. The molecule has 0 atom stereocenters. The van der Waals surface area contributed by atoms with Gasteiger partial charge in [0.15, 0.2) is 0 Å². The number of sulfonamides is 1. The standard InChI is InChI=1S/C18H23N5O5S/c24-23(25)15-1-2-16(17(13-15)29(26,27)22-9-11-28-12-10-22)21-7-3-14(4-8-21)18-19-5-6-20-18/h1-2,5-6,13-14H,3-4,7-12H2,(H,19,20). The molecule has 1 aromatic carbocycles. The highest BCUT2D eigenvalue weighted by Gasteiger charge is 2.33. The first-order valence-electron chi connectivity index (χ1n) is 9.57. The Morgan fingerprint density at radius 3 is 2.52 bits per heavy atom. The fraction of sp³-hybridized carbons (Fsp3) is 0.500. The van der Waals surface area contributed by atoms with Gasteiger partial charge in [0.1, 0.15) is 10.7 Å². The Labute approximate surface area is 168 Å². The number of ether oxygens (including phenoxy) is 1. The summed E-state index contributed by atoms with van der Waals surface area (Å²) in [5.74, 6) is 1.23. The Kier molecular flexibility index (Phi) is 5.52. The third-order valence-corrected chi connectivity index (χ3v) is 7.41. The van der Waals surface area contributed by atoms with Gasteiger partial charge in [-0.1, -0.05) is 0 Å². The lowest BCUT2D eigenvalue weighted by Crippen LogP contribution is -2.41. The first-order valence-corrected chi connectivity index (χ1v) is 11.0. The van der Waals surface area contributed by atoms with Crippen LogP contribution in [0.2, 0.25) is 0 Å². The number of nitro benzene ring substituents is 1. The fourth-order valence-corrected chi connectivity index (χ4v) is 5.54. The van der Waals surface area contributed by atoms with Crippen LogP contribution in [0.25, 0.3) is 0 Å². The molecular formula is C18H23N5O5S. The quantitative estimate of drug-likeness (QED) is 0.576. The van der Waals surface area contributed by atoms with Crippen LogP contribution >= 0.6 is 0 Å². The van der Waals surface area contributed by atoms with Crippen LogP contribution in [0.5, 0.6) is 0 Å². The van der Waals surface area contributed by atoms with Crippen LogP contribution in [-0.4, -0.2) is 67.0 Å². The molecule has 156 valence electrons. The normalized spacial score (nSPS) is 19.4. The summed E-state index contributed by atoms with van der Waals surface area (Å²) in [6, 6.07) is 4.10. The molecule has 3 heterocycles. The zero-order valence-corrected chi connectivity index (χ0v) is 16.7. The summed E-state index contributed by atoms with van der Waals surface area (Å²) in [7, 11) is -3.87. The molecule has 0 saturated carbocycles. The second-order valence-electron chi connectivity index (χ2n) is 7.16. The van der Waals surface area contributed by atoms with Crippen LogP contribution in [0.4, 0.5) is 11.4 Å². The van der Waals surface area contributed by atoms with E-state index in [1.807, 2.05) is 4.90 Å². The molecule has 1 N–H and O–H groups in total. The summed E-state index contributed by atoms with van der Waals surface area (Å²) in [6.45, 7) is 2.41. The summed E-state index contributed by atoms with van der Waals surface area (Å²) in [5.41, 5.74) is 0.283. The Hall–Kier alpha value is -2.50. The lowest BCUT2D eigenvalue weighted by Gasteiger charge is -2.35. The molecule has 2 saturated heterocycles. The van der Waals surface area contributed by atoms with E-state index in [0.29, 0.717) is 37.9 Å². The highest BCUT2D eigenvalue weighted by atomic mass is 32.2. The van der Waals surface area contributed by atoms with Gasteiger partial charge in [-0.15, -0.1) is 0 Å². The maximum Gasteiger partial charge on any atom is 0.270 e. The number of nitro groups is 1. The predicted molar refractivity (Wildman–Crippen MR) is 105 cm³/mol. The third kappa shape index (κ3) is 3.98. The van der Waals surface area contributed by atoms with Crippen molar-refractivity contribution < 1.29 is 18.1 Å². The summed E-state index contributed by atoms with van der Waals surface area (Å²) in [6.07, 6.45) is 5.17. The van der Waals surface area contributed by atoms with Crippen molar-refractivity contribution in [2.24, 2.45) is 0 Å². The van der Waals surface area contributed by atoms with E-state index in [1.54, 1.807) is 18.5 Å². The smallest absolute Gasteiger partial charge is 0.270 e. The molecule has 4 rings (SSSR count). The van der Waals surface area contributed by atoms with Crippen molar-refractivity contribution in [3.63, 3.8) is 0 Å².